The highest BCUT2D eigenvalue weighted by Crippen LogP contribution is 2.14. The van der Waals surface area contributed by atoms with E-state index in [2.05, 4.69) is 10.3 Å². The smallest absolute Gasteiger partial charge is 0.251 e. The van der Waals surface area contributed by atoms with Crippen molar-refractivity contribution in [2.75, 3.05) is 11.5 Å². The van der Waals surface area contributed by atoms with E-state index in [1.165, 1.54) is 6.07 Å². The number of nitrogens with one attached hydrogen (secondary N) is 1. The fraction of sp³-hybridized carbons (Fsp3) is 0.500. The van der Waals surface area contributed by atoms with E-state index in [9.17, 15) is 13.2 Å². The van der Waals surface area contributed by atoms with E-state index in [-0.39, 0.29) is 28.6 Å². The number of nitrogens with zero attached hydrogens (tertiary/aromatic N) is 1. The number of halogens is 1. The summed E-state index contributed by atoms with van der Waals surface area (Å²) in [5.41, 5.74) is 1.12. The monoisotopic (exact) mass is 302 g/mol. The standard InChI is InChI=1S/C12H15ClN2O3S/c1-8-6-9(7-11(13)14-8)12(16)15-10-2-4-19(17,18)5-3-10/h6-7,10H,2-5H2,1H3,(H,15,16). The second-order valence-corrected chi connectivity index (χ2v) is 7.41. The molecule has 1 N–H and O–H groups in total. The number of hydrogen-bond acceptors (Lipinski definition) is 4. The van der Waals surface area contributed by atoms with Gasteiger partial charge < -0.3 is 5.32 Å². The summed E-state index contributed by atoms with van der Waals surface area (Å²) in [5, 5.41) is 3.11. The van der Waals surface area contributed by atoms with Crippen molar-refractivity contribution in [1.82, 2.24) is 10.3 Å². The van der Waals surface area contributed by atoms with Crippen molar-refractivity contribution in [3.05, 3.63) is 28.5 Å². The molecule has 1 fully saturated rings. The fourth-order valence-corrected chi connectivity index (χ4v) is 3.80. The van der Waals surface area contributed by atoms with Crippen LogP contribution in [-0.2, 0) is 9.84 Å². The van der Waals surface area contributed by atoms with Crippen molar-refractivity contribution < 1.29 is 13.2 Å². The second kappa shape index (κ2) is 5.46. The number of pyridine rings is 1. The van der Waals surface area contributed by atoms with Gasteiger partial charge in [0.15, 0.2) is 0 Å². The Morgan fingerprint density at radius 2 is 2.00 bits per heavy atom. The van der Waals surface area contributed by atoms with Gasteiger partial charge in [-0.15, -0.1) is 0 Å². The first-order valence-electron chi connectivity index (χ1n) is 6.01. The van der Waals surface area contributed by atoms with Crippen LogP contribution in [0.2, 0.25) is 5.15 Å². The van der Waals surface area contributed by atoms with Crippen LogP contribution < -0.4 is 5.32 Å². The maximum atomic E-state index is 12.0. The Morgan fingerprint density at radius 1 is 1.37 bits per heavy atom. The van der Waals surface area contributed by atoms with E-state index >= 15 is 0 Å². The fourth-order valence-electron chi connectivity index (χ4n) is 2.06. The van der Waals surface area contributed by atoms with Crippen LogP contribution in [-0.4, -0.2) is 36.9 Å². The topological polar surface area (TPSA) is 76.1 Å². The van der Waals surface area contributed by atoms with E-state index in [0.717, 1.165) is 0 Å². The third-order valence-corrected chi connectivity index (χ3v) is 4.98. The van der Waals surface area contributed by atoms with Crippen molar-refractivity contribution in [2.45, 2.75) is 25.8 Å². The van der Waals surface area contributed by atoms with Crippen molar-refractivity contribution in [3.63, 3.8) is 0 Å². The minimum absolute atomic E-state index is 0.0942. The predicted molar refractivity (Wildman–Crippen MR) is 73.1 cm³/mol. The molecule has 1 saturated heterocycles. The van der Waals surface area contributed by atoms with Gasteiger partial charge in [0.2, 0.25) is 0 Å². The minimum Gasteiger partial charge on any atom is -0.349 e. The van der Waals surface area contributed by atoms with Gasteiger partial charge in [0.1, 0.15) is 15.0 Å². The number of carbonyl (C=O) groups excluding carboxylic acids is 1. The number of amides is 1. The number of sulfone groups is 1. The molecular weight excluding hydrogens is 288 g/mol. The summed E-state index contributed by atoms with van der Waals surface area (Å²) in [4.78, 5) is 16.0. The molecule has 2 heterocycles. The van der Waals surface area contributed by atoms with E-state index in [1.54, 1.807) is 13.0 Å². The Labute approximate surface area is 117 Å². The second-order valence-electron chi connectivity index (χ2n) is 4.72. The molecule has 1 aliphatic heterocycles. The molecule has 7 heteroatoms. The molecular formula is C12H15ClN2O3S. The molecule has 0 bridgehead atoms. The predicted octanol–water partition coefficient (Wildman–Crippen LogP) is 1.35. The summed E-state index contributed by atoms with van der Waals surface area (Å²) < 4.78 is 22.6. The third-order valence-electron chi connectivity index (χ3n) is 3.07. The average Bonchev–Trinajstić information content (AvgIpc) is 2.30. The molecule has 0 radical (unpaired) electrons. The molecule has 19 heavy (non-hydrogen) atoms. The maximum Gasteiger partial charge on any atom is 0.251 e. The van der Waals surface area contributed by atoms with Gasteiger partial charge in [-0.1, -0.05) is 11.6 Å². The van der Waals surface area contributed by atoms with Gasteiger partial charge >= 0.3 is 0 Å². The van der Waals surface area contributed by atoms with E-state index in [4.69, 9.17) is 11.6 Å². The SMILES string of the molecule is Cc1cc(C(=O)NC2CCS(=O)(=O)CC2)cc(Cl)n1. The molecule has 0 spiro atoms. The molecule has 0 unspecified atom stereocenters. The van der Waals surface area contributed by atoms with Gasteiger partial charge in [0.25, 0.3) is 5.91 Å². The molecule has 0 aromatic carbocycles. The van der Waals surface area contributed by atoms with Crippen molar-refractivity contribution >= 4 is 27.3 Å². The molecule has 2 rings (SSSR count). The number of carbonyl (C=O) groups is 1. The van der Waals surface area contributed by atoms with Gasteiger partial charge in [-0.25, -0.2) is 13.4 Å². The number of aryl methyl sites for hydroxylation is 1. The van der Waals surface area contributed by atoms with E-state index in [0.29, 0.717) is 24.1 Å². The molecule has 0 aliphatic carbocycles. The van der Waals surface area contributed by atoms with Gasteiger partial charge in [0.05, 0.1) is 11.5 Å². The zero-order valence-electron chi connectivity index (χ0n) is 10.5. The normalized spacial score (nSPS) is 19.1. The Bertz CT molecular complexity index is 567. The highest BCUT2D eigenvalue weighted by Gasteiger charge is 2.25. The number of rotatable bonds is 2. The van der Waals surface area contributed by atoms with Gasteiger partial charge in [0, 0.05) is 17.3 Å². The molecule has 0 atom stereocenters. The molecule has 0 saturated carbocycles. The molecule has 104 valence electrons. The summed E-state index contributed by atoms with van der Waals surface area (Å²) >= 11 is 5.80. The van der Waals surface area contributed by atoms with Crippen LogP contribution in [0.4, 0.5) is 0 Å². The quantitative estimate of drug-likeness (QED) is 0.837. The summed E-state index contributed by atoms with van der Waals surface area (Å²) in [7, 11) is -2.91. The lowest BCUT2D eigenvalue weighted by atomic mass is 10.1. The summed E-state index contributed by atoms with van der Waals surface area (Å²) in [6.45, 7) is 1.76. The van der Waals surface area contributed by atoms with Crippen LogP contribution in [0, 0.1) is 6.92 Å². The molecule has 1 aromatic rings. The van der Waals surface area contributed by atoms with Crippen LogP contribution in [0.1, 0.15) is 28.9 Å². The molecule has 1 aromatic heterocycles. The van der Waals surface area contributed by atoms with Crippen LogP contribution in [0.3, 0.4) is 0 Å². The Kier molecular flexibility index (Phi) is 4.10. The summed E-state index contributed by atoms with van der Waals surface area (Å²) in [6, 6.07) is 3.06. The average molecular weight is 303 g/mol. The lowest BCUT2D eigenvalue weighted by Crippen LogP contribution is -2.40. The van der Waals surface area contributed by atoms with E-state index in [1.807, 2.05) is 0 Å². The third kappa shape index (κ3) is 3.91. The highest BCUT2D eigenvalue weighted by atomic mass is 35.5. The molecule has 1 amide bonds. The van der Waals surface area contributed by atoms with Gasteiger partial charge in [-0.05, 0) is 31.9 Å². The maximum absolute atomic E-state index is 12.0. The van der Waals surface area contributed by atoms with Crippen LogP contribution in [0.25, 0.3) is 0 Å². The van der Waals surface area contributed by atoms with Crippen molar-refractivity contribution in [2.24, 2.45) is 0 Å². The first-order chi connectivity index (χ1) is 8.85. The minimum atomic E-state index is -2.91. The lowest BCUT2D eigenvalue weighted by Gasteiger charge is -2.23. The van der Waals surface area contributed by atoms with Crippen LogP contribution in [0.15, 0.2) is 12.1 Å². The van der Waals surface area contributed by atoms with Crippen LogP contribution >= 0.6 is 11.6 Å². The lowest BCUT2D eigenvalue weighted by molar-refractivity contribution is 0.0934. The first kappa shape index (κ1) is 14.3. The van der Waals surface area contributed by atoms with E-state index < -0.39 is 9.84 Å². The zero-order chi connectivity index (χ0) is 14.0. The zero-order valence-corrected chi connectivity index (χ0v) is 12.1. The molecule has 1 aliphatic rings. The largest absolute Gasteiger partial charge is 0.349 e. The number of hydrogen-bond donors (Lipinski definition) is 1. The Balaban J connectivity index is 2.02. The summed E-state index contributed by atoms with van der Waals surface area (Å²) in [6.07, 6.45) is 0.928. The molecule has 5 nitrogen and oxygen atoms in total. The van der Waals surface area contributed by atoms with Gasteiger partial charge in [-0.3, -0.25) is 4.79 Å². The highest BCUT2D eigenvalue weighted by molar-refractivity contribution is 7.91. The van der Waals surface area contributed by atoms with Crippen molar-refractivity contribution in [3.8, 4) is 0 Å². The summed E-state index contributed by atoms with van der Waals surface area (Å²) in [5.74, 6) is 0.0269. The van der Waals surface area contributed by atoms with Gasteiger partial charge in [-0.2, -0.15) is 0 Å². The Morgan fingerprint density at radius 3 is 2.58 bits per heavy atom. The van der Waals surface area contributed by atoms with Crippen molar-refractivity contribution in [1.29, 1.82) is 0 Å². The Hall–Kier alpha value is -1.14. The first-order valence-corrected chi connectivity index (χ1v) is 8.21. The number of aromatic nitrogens is 1. The van der Waals surface area contributed by atoms with Crippen LogP contribution in [0.5, 0.6) is 0 Å².